The van der Waals surface area contributed by atoms with Crippen molar-refractivity contribution in [1.29, 1.82) is 0 Å². The Morgan fingerprint density at radius 3 is 2.74 bits per heavy atom. The van der Waals surface area contributed by atoms with Gasteiger partial charge in [0, 0.05) is 44.7 Å². The first-order valence-corrected chi connectivity index (χ1v) is 12.9. The Kier molecular flexibility index (Phi) is 6.07. The van der Waals surface area contributed by atoms with E-state index < -0.39 is 0 Å². The molecule has 2 aromatic heterocycles. The first-order valence-electron chi connectivity index (χ1n) is 12.0. The van der Waals surface area contributed by atoms with Crippen molar-refractivity contribution in [3.05, 3.63) is 36.0 Å². The quantitative estimate of drug-likeness (QED) is 0.558. The molecule has 1 atom stereocenters. The summed E-state index contributed by atoms with van der Waals surface area (Å²) in [6, 6.07) is 9.02. The number of amides is 1. The molecule has 0 unspecified atom stereocenters. The molecule has 178 valence electrons. The number of benzene rings is 1. The van der Waals surface area contributed by atoms with E-state index in [9.17, 15) is 4.79 Å². The number of rotatable bonds is 7. The predicted octanol–water partition coefficient (Wildman–Crippen LogP) is 2.78. The zero-order chi connectivity index (χ0) is 22.9. The normalized spacial score (nSPS) is 21.6. The summed E-state index contributed by atoms with van der Waals surface area (Å²) in [6.07, 6.45) is 3.43. The fourth-order valence-electron chi connectivity index (χ4n) is 4.92. The Morgan fingerprint density at radius 1 is 1.15 bits per heavy atom. The SMILES string of the molecule is O=C1C[C@@H](CCOc2cc(-c3ccc(N4CCN(C5COC5)CC4)cn3)cc3ncsc23)CN1. The highest BCUT2D eigenvalue weighted by Crippen LogP contribution is 2.35. The van der Waals surface area contributed by atoms with Crippen LogP contribution in [0.15, 0.2) is 36.0 Å². The number of hydrogen-bond donors (Lipinski definition) is 1. The molecule has 0 spiro atoms. The summed E-state index contributed by atoms with van der Waals surface area (Å²) in [7, 11) is 0. The highest BCUT2D eigenvalue weighted by Gasteiger charge is 2.29. The van der Waals surface area contributed by atoms with Crippen molar-refractivity contribution in [3.8, 4) is 17.0 Å². The molecule has 1 aromatic carbocycles. The number of fused-ring (bicyclic) bond motifs is 1. The lowest BCUT2D eigenvalue weighted by atomic mass is 10.1. The number of piperazine rings is 1. The van der Waals surface area contributed by atoms with E-state index in [4.69, 9.17) is 14.5 Å². The molecule has 9 heteroatoms. The molecular weight excluding hydrogens is 450 g/mol. The van der Waals surface area contributed by atoms with Gasteiger partial charge in [-0.3, -0.25) is 14.7 Å². The van der Waals surface area contributed by atoms with Crippen LogP contribution in [0.5, 0.6) is 5.75 Å². The summed E-state index contributed by atoms with van der Waals surface area (Å²) in [5, 5.41) is 2.89. The maximum Gasteiger partial charge on any atom is 0.220 e. The van der Waals surface area contributed by atoms with E-state index in [1.807, 2.05) is 11.7 Å². The monoisotopic (exact) mass is 479 g/mol. The third-order valence-corrected chi connectivity index (χ3v) is 7.96. The van der Waals surface area contributed by atoms with E-state index in [-0.39, 0.29) is 5.91 Å². The molecule has 6 rings (SSSR count). The van der Waals surface area contributed by atoms with Gasteiger partial charge in [0.1, 0.15) is 5.75 Å². The van der Waals surface area contributed by atoms with Crippen LogP contribution in [0.3, 0.4) is 0 Å². The number of nitrogens with one attached hydrogen (secondary N) is 1. The summed E-state index contributed by atoms with van der Waals surface area (Å²) in [4.78, 5) is 25.7. The Morgan fingerprint density at radius 2 is 2.03 bits per heavy atom. The summed E-state index contributed by atoms with van der Waals surface area (Å²) in [6.45, 7) is 7.26. The fourth-order valence-corrected chi connectivity index (χ4v) is 5.66. The molecule has 3 aromatic rings. The smallest absolute Gasteiger partial charge is 0.220 e. The van der Waals surface area contributed by atoms with Gasteiger partial charge < -0.3 is 19.7 Å². The van der Waals surface area contributed by atoms with Crippen molar-refractivity contribution >= 4 is 33.1 Å². The van der Waals surface area contributed by atoms with Gasteiger partial charge in [0.15, 0.2) is 0 Å². The second-order valence-corrected chi connectivity index (χ2v) is 10.2. The highest BCUT2D eigenvalue weighted by molar-refractivity contribution is 7.17. The lowest BCUT2D eigenvalue weighted by Gasteiger charge is -2.43. The van der Waals surface area contributed by atoms with E-state index in [2.05, 4.69) is 44.4 Å². The van der Waals surface area contributed by atoms with E-state index in [1.165, 1.54) is 5.69 Å². The maximum atomic E-state index is 11.4. The number of thiazole rings is 1. The minimum atomic E-state index is 0.140. The molecule has 0 radical (unpaired) electrons. The molecule has 0 bridgehead atoms. The highest BCUT2D eigenvalue weighted by atomic mass is 32.1. The Balaban J connectivity index is 1.13. The number of pyridine rings is 1. The van der Waals surface area contributed by atoms with Crippen LogP contribution in [0, 0.1) is 5.92 Å². The van der Waals surface area contributed by atoms with Gasteiger partial charge in [0.25, 0.3) is 0 Å². The number of carbonyl (C=O) groups excluding carboxylic acids is 1. The average Bonchev–Trinajstić information content (AvgIpc) is 3.47. The van der Waals surface area contributed by atoms with E-state index in [1.54, 1.807) is 11.3 Å². The molecule has 0 aliphatic carbocycles. The lowest BCUT2D eigenvalue weighted by Crippen LogP contribution is -2.56. The van der Waals surface area contributed by atoms with Crippen molar-refractivity contribution in [2.24, 2.45) is 5.92 Å². The second kappa shape index (κ2) is 9.48. The van der Waals surface area contributed by atoms with Gasteiger partial charge in [-0.15, -0.1) is 11.3 Å². The van der Waals surface area contributed by atoms with Gasteiger partial charge in [0.05, 0.1) is 59.2 Å². The molecule has 34 heavy (non-hydrogen) atoms. The van der Waals surface area contributed by atoms with Crippen molar-refractivity contribution in [1.82, 2.24) is 20.2 Å². The van der Waals surface area contributed by atoms with Crippen LogP contribution in [0.1, 0.15) is 12.8 Å². The number of anilines is 1. The van der Waals surface area contributed by atoms with Crippen LogP contribution in [0.4, 0.5) is 5.69 Å². The molecule has 5 heterocycles. The minimum Gasteiger partial charge on any atom is -0.492 e. The van der Waals surface area contributed by atoms with E-state index >= 15 is 0 Å². The number of carbonyl (C=O) groups is 1. The molecule has 0 saturated carbocycles. The van der Waals surface area contributed by atoms with Crippen LogP contribution in [0.2, 0.25) is 0 Å². The number of hydrogen-bond acceptors (Lipinski definition) is 8. The van der Waals surface area contributed by atoms with Gasteiger partial charge in [0.2, 0.25) is 5.91 Å². The number of ether oxygens (including phenoxy) is 2. The van der Waals surface area contributed by atoms with Crippen LogP contribution in [-0.2, 0) is 9.53 Å². The van der Waals surface area contributed by atoms with Gasteiger partial charge in [-0.05, 0) is 36.6 Å². The molecular formula is C25H29N5O3S. The Labute approximate surface area is 202 Å². The predicted molar refractivity (Wildman–Crippen MR) is 132 cm³/mol. The van der Waals surface area contributed by atoms with Crippen LogP contribution in [-0.4, -0.2) is 79.4 Å². The Hall–Kier alpha value is -2.75. The van der Waals surface area contributed by atoms with Gasteiger partial charge in [-0.2, -0.15) is 0 Å². The molecule has 3 aliphatic rings. The van der Waals surface area contributed by atoms with Crippen molar-refractivity contribution in [3.63, 3.8) is 0 Å². The first kappa shape index (κ1) is 21.8. The fraction of sp³-hybridized carbons (Fsp3) is 0.480. The van der Waals surface area contributed by atoms with Gasteiger partial charge in [-0.1, -0.05) is 0 Å². The molecule has 1 N–H and O–H groups in total. The third kappa shape index (κ3) is 4.47. The minimum absolute atomic E-state index is 0.140. The van der Waals surface area contributed by atoms with Crippen molar-refractivity contribution in [2.45, 2.75) is 18.9 Å². The van der Waals surface area contributed by atoms with Gasteiger partial charge >= 0.3 is 0 Å². The largest absolute Gasteiger partial charge is 0.492 e. The van der Waals surface area contributed by atoms with Gasteiger partial charge in [-0.25, -0.2) is 4.98 Å². The summed E-state index contributed by atoms with van der Waals surface area (Å²) in [5.74, 6) is 1.33. The topological polar surface area (TPSA) is 79.8 Å². The summed E-state index contributed by atoms with van der Waals surface area (Å²) >= 11 is 1.59. The molecule has 3 aliphatic heterocycles. The molecule has 1 amide bonds. The van der Waals surface area contributed by atoms with E-state index in [0.29, 0.717) is 25.0 Å². The lowest BCUT2D eigenvalue weighted by molar-refractivity contribution is -0.119. The molecule has 8 nitrogen and oxygen atoms in total. The van der Waals surface area contributed by atoms with Crippen molar-refractivity contribution in [2.75, 3.05) is 57.4 Å². The van der Waals surface area contributed by atoms with E-state index in [0.717, 1.165) is 79.6 Å². The number of aromatic nitrogens is 2. The maximum absolute atomic E-state index is 11.4. The molecule has 3 saturated heterocycles. The first-order chi connectivity index (χ1) is 16.7. The van der Waals surface area contributed by atoms with Crippen LogP contribution >= 0.6 is 11.3 Å². The number of nitrogens with zero attached hydrogens (tertiary/aromatic N) is 4. The zero-order valence-electron chi connectivity index (χ0n) is 19.1. The molecule has 3 fully saturated rings. The van der Waals surface area contributed by atoms with Crippen LogP contribution in [0.25, 0.3) is 21.5 Å². The second-order valence-electron chi connectivity index (χ2n) is 9.30. The van der Waals surface area contributed by atoms with Crippen molar-refractivity contribution < 1.29 is 14.3 Å². The summed E-state index contributed by atoms with van der Waals surface area (Å²) < 4.78 is 12.6. The van der Waals surface area contributed by atoms with Crippen LogP contribution < -0.4 is 15.0 Å². The Bertz CT molecular complexity index is 1160. The third-order valence-electron chi connectivity index (χ3n) is 7.10. The standard InChI is InChI=1S/C25H29N5O3S/c31-24-9-17(12-27-24)3-8-33-23-11-18(10-22-25(23)34-16-28-22)21-2-1-19(13-26-21)29-4-6-30(7-5-29)20-14-32-15-20/h1-2,10-11,13,16-17,20H,3-9,12,14-15H2,(H,27,31)/t17-/m1/s1. The average molecular weight is 480 g/mol. The summed E-state index contributed by atoms with van der Waals surface area (Å²) in [5.41, 5.74) is 5.87. The zero-order valence-corrected chi connectivity index (χ0v) is 19.9.